The van der Waals surface area contributed by atoms with Gasteiger partial charge >= 0.3 is 0 Å². The van der Waals surface area contributed by atoms with Crippen LogP contribution >= 0.6 is 0 Å². The highest BCUT2D eigenvalue weighted by Crippen LogP contribution is 2.18. The Morgan fingerprint density at radius 1 is 0.926 bits per heavy atom. The van der Waals surface area contributed by atoms with Crippen LogP contribution in [-0.4, -0.2) is 34.0 Å². The van der Waals surface area contributed by atoms with Gasteiger partial charge in [0.05, 0.1) is 4.90 Å². The molecule has 0 aliphatic carbocycles. The first kappa shape index (κ1) is 20.9. The molecule has 0 heterocycles. The fraction of sp³-hybridized carbons (Fsp3) is 0.350. The molecule has 2 aromatic rings. The molecule has 7 heteroatoms. The lowest BCUT2D eigenvalue weighted by molar-refractivity contribution is -0.123. The van der Waals surface area contributed by atoms with E-state index >= 15 is 0 Å². The predicted molar refractivity (Wildman–Crippen MR) is 106 cm³/mol. The summed E-state index contributed by atoms with van der Waals surface area (Å²) in [5, 5.41) is 2.64. The summed E-state index contributed by atoms with van der Waals surface area (Å²) in [5.74, 6) is 0.354. The van der Waals surface area contributed by atoms with Crippen LogP contribution < -0.4 is 14.8 Å². The molecule has 27 heavy (non-hydrogen) atoms. The van der Waals surface area contributed by atoms with E-state index in [1.165, 1.54) is 0 Å². The second-order valence-corrected chi connectivity index (χ2v) is 8.31. The predicted octanol–water partition coefficient (Wildman–Crippen LogP) is 2.39. The van der Waals surface area contributed by atoms with Crippen molar-refractivity contribution < 1.29 is 17.9 Å². The molecule has 0 saturated heterocycles. The van der Waals surface area contributed by atoms with Crippen LogP contribution in [-0.2, 0) is 14.8 Å². The molecule has 2 aromatic carbocycles. The number of carbonyl (C=O) groups excluding carboxylic acids is 1. The van der Waals surface area contributed by atoms with Crippen LogP contribution in [0, 0.1) is 27.7 Å². The zero-order valence-electron chi connectivity index (χ0n) is 16.1. The Hall–Kier alpha value is -2.38. The van der Waals surface area contributed by atoms with Gasteiger partial charge in [0, 0.05) is 13.1 Å². The summed E-state index contributed by atoms with van der Waals surface area (Å²) in [6.07, 6.45) is 0. The van der Waals surface area contributed by atoms with Crippen LogP contribution in [0.1, 0.15) is 22.3 Å². The molecule has 2 rings (SSSR count). The number of ether oxygens (including phenoxy) is 1. The molecule has 0 spiro atoms. The van der Waals surface area contributed by atoms with Crippen molar-refractivity contribution in [3.05, 3.63) is 58.7 Å². The Bertz CT molecular complexity index is 924. The fourth-order valence-corrected chi connectivity index (χ4v) is 3.98. The number of benzene rings is 2. The Morgan fingerprint density at radius 3 is 2.19 bits per heavy atom. The average Bonchev–Trinajstić information content (AvgIpc) is 2.57. The third-order valence-corrected chi connectivity index (χ3v) is 5.67. The minimum Gasteiger partial charge on any atom is -0.484 e. The Morgan fingerprint density at radius 2 is 1.56 bits per heavy atom. The van der Waals surface area contributed by atoms with E-state index in [0.29, 0.717) is 11.3 Å². The van der Waals surface area contributed by atoms with Crippen molar-refractivity contribution in [1.82, 2.24) is 10.0 Å². The van der Waals surface area contributed by atoms with Crippen molar-refractivity contribution in [1.29, 1.82) is 0 Å². The first-order valence-electron chi connectivity index (χ1n) is 8.73. The Kier molecular flexibility index (Phi) is 6.98. The maximum atomic E-state index is 12.3. The fourth-order valence-electron chi connectivity index (χ4n) is 2.72. The standard InChI is InChI=1S/C20H26N2O4S/c1-14-5-7-18(16(3)11-14)26-13-20(23)21-9-10-22-27(24,25)19-8-6-15(2)12-17(19)4/h5-8,11-12,22H,9-10,13H2,1-4H3,(H,21,23). The van der Waals surface area contributed by atoms with E-state index in [4.69, 9.17) is 4.74 Å². The third kappa shape index (κ3) is 6.08. The molecule has 0 bridgehead atoms. The lowest BCUT2D eigenvalue weighted by Crippen LogP contribution is -2.37. The van der Waals surface area contributed by atoms with Crippen LogP contribution in [0.25, 0.3) is 0 Å². The van der Waals surface area contributed by atoms with Gasteiger partial charge in [0.1, 0.15) is 5.75 Å². The summed E-state index contributed by atoms with van der Waals surface area (Å²) < 4.78 is 32.7. The van der Waals surface area contributed by atoms with E-state index < -0.39 is 10.0 Å². The second-order valence-electron chi connectivity index (χ2n) is 6.57. The van der Waals surface area contributed by atoms with Gasteiger partial charge in [-0.1, -0.05) is 35.4 Å². The van der Waals surface area contributed by atoms with Gasteiger partial charge in [-0.25, -0.2) is 13.1 Å². The van der Waals surface area contributed by atoms with Crippen molar-refractivity contribution in [2.45, 2.75) is 32.6 Å². The zero-order valence-corrected chi connectivity index (χ0v) is 16.9. The highest BCUT2D eigenvalue weighted by atomic mass is 32.2. The third-order valence-electron chi connectivity index (χ3n) is 4.05. The normalized spacial score (nSPS) is 11.3. The first-order chi connectivity index (χ1) is 12.7. The highest BCUT2D eigenvalue weighted by molar-refractivity contribution is 7.89. The number of nitrogens with one attached hydrogen (secondary N) is 2. The van der Waals surface area contributed by atoms with Crippen LogP contribution in [0.5, 0.6) is 5.75 Å². The quantitative estimate of drug-likeness (QED) is 0.678. The number of aryl methyl sites for hydroxylation is 4. The second kappa shape index (κ2) is 9.01. The molecular formula is C20H26N2O4S. The van der Waals surface area contributed by atoms with Gasteiger partial charge < -0.3 is 10.1 Å². The maximum absolute atomic E-state index is 12.3. The molecule has 0 aliphatic heterocycles. The molecule has 0 saturated carbocycles. The molecule has 0 fully saturated rings. The summed E-state index contributed by atoms with van der Waals surface area (Å²) in [6.45, 7) is 7.74. The van der Waals surface area contributed by atoms with E-state index in [-0.39, 0.29) is 30.5 Å². The number of carbonyl (C=O) groups is 1. The summed E-state index contributed by atoms with van der Waals surface area (Å²) in [7, 11) is -3.60. The lowest BCUT2D eigenvalue weighted by Gasteiger charge is -2.12. The molecule has 6 nitrogen and oxygen atoms in total. The molecule has 1 amide bonds. The number of amides is 1. The van der Waals surface area contributed by atoms with E-state index in [2.05, 4.69) is 10.0 Å². The molecule has 0 unspecified atom stereocenters. The highest BCUT2D eigenvalue weighted by Gasteiger charge is 2.16. The van der Waals surface area contributed by atoms with Crippen molar-refractivity contribution in [2.75, 3.05) is 19.7 Å². The van der Waals surface area contributed by atoms with Gasteiger partial charge in [-0.15, -0.1) is 0 Å². The Labute approximate surface area is 161 Å². The molecule has 0 aliphatic rings. The van der Waals surface area contributed by atoms with E-state index in [1.807, 2.05) is 45.0 Å². The zero-order chi connectivity index (χ0) is 20.0. The smallest absolute Gasteiger partial charge is 0.257 e. The molecular weight excluding hydrogens is 364 g/mol. The van der Waals surface area contributed by atoms with Gasteiger partial charge in [-0.05, 0) is 51.0 Å². The van der Waals surface area contributed by atoms with Crippen LogP contribution in [0.3, 0.4) is 0 Å². The summed E-state index contributed by atoms with van der Waals surface area (Å²) in [6, 6.07) is 10.9. The molecule has 2 N–H and O–H groups in total. The molecule has 0 aromatic heterocycles. The van der Waals surface area contributed by atoms with E-state index in [9.17, 15) is 13.2 Å². The summed E-state index contributed by atoms with van der Waals surface area (Å²) in [4.78, 5) is 12.1. The van der Waals surface area contributed by atoms with E-state index in [1.54, 1.807) is 19.1 Å². The van der Waals surface area contributed by atoms with Crippen LogP contribution in [0.2, 0.25) is 0 Å². The van der Waals surface area contributed by atoms with Gasteiger partial charge in [-0.3, -0.25) is 4.79 Å². The SMILES string of the molecule is Cc1ccc(OCC(=O)NCCNS(=O)(=O)c2ccc(C)cc2C)c(C)c1. The van der Waals surface area contributed by atoms with Crippen molar-refractivity contribution >= 4 is 15.9 Å². The average molecular weight is 391 g/mol. The van der Waals surface area contributed by atoms with Gasteiger partial charge in [0.2, 0.25) is 10.0 Å². The van der Waals surface area contributed by atoms with Gasteiger partial charge in [0.25, 0.3) is 5.91 Å². The minimum atomic E-state index is -3.60. The summed E-state index contributed by atoms with van der Waals surface area (Å²) >= 11 is 0. The van der Waals surface area contributed by atoms with E-state index in [0.717, 1.165) is 16.7 Å². The maximum Gasteiger partial charge on any atom is 0.257 e. The largest absolute Gasteiger partial charge is 0.484 e. The molecule has 0 atom stereocenters. The van der Waals surface area contributed by atoms with Crippen molar-refractivity contribution in [3.8, 4) is 5.75 Å². The number of hydrogen-bond donors (Lipinski definition) is 2. The van der Waals surface area contributed by atoms with Crippen LogP contribution in [0.4, 0.5) is 0 Å². The topological polar surface area (TPSA) is 84.5 Å². The van der Waals surface area contributed by atoms with Crippen LogP contribution in [0.15, 0.2) is 41.3 Å². The van der Waals surface area contributed by atoms with Gasteiger partial charge in [-0.2, -0.15) is 0 Å². The number of sulfonamides is 1. The lowest BCUT2D eigenvalue weighted by atomic mass is 10.1. The molecule has 0 radical (unpaired) electrons. The van der Waals surface area contributed by atoms with Crippen molar-refractivity contribution in [3.63, 3.8) is 0 Å². The molecule has 146 valence electrons. The van der Waals surface area contributed by atoms with Crippen molar-refractivity contribution in [2.24, 2.45) is 0 Å². The number of hydrogen-bond acceptors (Lipinski definition) is 4. The minimum absolute atomic E-state index is 0.102. The monoisotopic (exact) mass is 390 g/mol. The number of rotatable bonds is 8. The van der Waals surface area contributed by atoms with Gasteiger partial charge in [0.15, 0.2) is 6.61 Å². The first-order valence-corrected chi connectivity index (χ1v) is 10.2. The summed E-state index contributed by atoms with van der Waals surface area (Å²) in [5.41, 5.74) is 3.78. The Balaban J connectivity index is 1.78.